The van der Waals surface area contributed by atoms with Gasteiger partial charge in [0.2, 0.25) is 0 Å². The van der Waals surface area contributed by atoms with Gasteiger partial charge in [0, 0.05) is 0 Å². The Balaban J connectivity index is 2.75. The van der Waals surface area contributed by atoms with Gasteiger partial charge in [0.25, 0.3) is 0 Å². The molecule has 122 valence electrons. The SMILES string of the molecule is CCC(C)OC(=O)CC(C(=O)O)C1CCCCC1C(C)C. The Morgan fingerprint density at radius 2 is 1.71 bits per heavy atom. The van der Waals surface area contributed by atoms with Crippen LogP contribution in [0.4, 0.5) is 0 Å². The van der Waals surface area contributed by atoms with E-state index in [9.17, 15) is 14.7 Å². The minimum atomic E-state index is -0.853. The van der Waals surface area contributed by atoms with E-state index in [0.29, 0.717) is 11.8 Å². The maximum atomic E-state index is 12.0. The van der Waals surface area contributed by atoms with Gasteiger partial charge < -0.3 is 9.84 Å². The molecule has 0 amide bonds. The third-order valence-electron chi connectivity index (χ3n) is 4.86. The van der Waals surface area contributed by atoms with Gasteiger partial charge in [0.1, 0.15) is 0 Å². The second-order valence-corrected chi connectivity index (χ2v) is 6.71. The van der Waals surface area contributed by atoms with Gasteiger partial charge in [-0.05, 0) is 43.9 Å². The highest BCUT2D eigenvalue weighted by Crippen LogP contribution is 2.40. The highest BCUT2D eigenvalue weighted by Gasteiger charge is 2.38. The molecule has 1 N–H and O–H groups in total. The molecule has 0 saturated heterocycles. The molecule has 21 heavy (non-hydrogen) atoms. The predicted molar refractivity (Wildman–Crippen MR) is 81.9 cm³/mol. The van der Waals surface area contributed by atoms with E-state index in [2.05, 4.69) is 13.8 Å². The monoisotopic (exact) mass is 298 g/mol. The molecule has 0 radical (unpaired) electrons. The maximum absolute atomic E-state index is 12.0. The molecule has 4 atom stereocenters. The Hall–Kier alpha value is -1.06. The van der Waals surface area contributed by atoms with Crippen molar-refractivity contribution in [3.63, 3.8) is 0 Å². The topological polar surface area (TPSA) is 63.6 Å². The first-order chi connectivity index (χ1) is 9.86. The van der Waals surface area contributed by atoms with Gasteiger partial charge in [-0.3, -0.25) is 9.59 Å². The van der Waals surface area contributed by atoms with Crippen LogP contribution >= 0.6 is 0 Å². The Bertz CT molecular complexity index is 351. The van der Waals surface area contributed by atoms with Crippen LogP contribution in [0.3, 0.4) is 0 Å². The molecule has 0 aromatic carbocycles. The molecule has 4 nitrogen and oxygen atoms in total. The molecule has 1 aliphatic carbocycles. The molecule has 0 aromatic rings. The fourth-order valence-electron chi connectivity index (χ4n) is 3.47. The first-order valence-corrected chi connectivity index (χ1v) is 8.29. The number of carbonyl (C=O) groups excluding carboxylic acids is 1. The third-order valence-corrected chi connectivity index (χ3v) is 4.86. The molecular formula is C17H30O4. The van der Waals surface area contributed by atoms with E-state index in [-0.39, 0.29) is 24.4 Å². The summed E-state index contributed by atoms with van der Waals surface area (Å²) in [7, 11) is 0. The molecule has 0 heterocycles. The highest BCUT2D eigenvalue weighted by molar-refractivity contribution is 5.79. The van der Waals surface area contributed by atoms with Crippen LogP contribution in [-0.4, -0.2) is 23.1 Å². The van der Waals surface area contributed by atoms with Crippen LogP contribution in [0.2, 0.25) is 0 Å². The van der Waals surface area contributed by atoms with E-state index in [1.54, 1.807) is 0 Å². The van der Waals surface area contributed by atoms with E-state index in [0.717, 1.165) is 25.7 Å². The summed E-state index contributed by atoms with van der Waals surface area (Å²) in [5.74, 6) is -0.868. The van der Waals surface area contributed by atoms with Crippen LogP contribution in [0.25, 0.3) is 0 Å². The first kappa shape index (κ1) is 18.0. The zero-order chi connectivity index (χ0) is 16.0. The van der Waals surface area contributed by atoms with Gasteiger partial charge in [-0.2, -0.15) is 0 Å². The maximum Gasteiger partial charge on any atom is 0.307 e. The summed E-state index contributed by atoms with van der Waals surface area (Å²) in [6.45, 7) is 8.09. The highest BCUT2D eigenvalue weighted by atomic mass is 16.5. The number of hydrogen-bond donors (Lipinski definition) is 1. The summed E-state index contributed by atoms with van der Waals surface area (Å²) in [6.07, 6.45) is 4.85. The van der Waals surface area contributed by atoms with E-state index in [4.69, 9.17) is 4.74 Å². The molecule has 1 saturated carbocycles. The van der Waals surface area contributed by atoms with Gasteiger partial charge in [-0.25, -0.2) is 0 Å². The van der Waals surface area contributed by atoms with Crippen LogP contribution in [0.15, 0.2) is 0 Å². The molecule has 0 aliphatic heterocycles. The predicted octanol–water partition coefficient (Wildman–Crippen LogP) is 3.88. The minimum Gasteiger partial charge on any atom is -0.481 e. The summed E-state index contributed by atoms with van der Waals surface area (Å²) < 4.78 is 5.26. The minimum absolute atomic E-state index is 0.00750. The molecule has 1 aliphatic rings. The van der Waals surface area contributed by atoms with Crippen LogP contribution in [-0.2, 0) is 14.3 Å². The van der Waals surface area contributed by atoms with E-state index >= 15 is 0 Å². The number of carboxylic acids is 1. The van der Waals surface area contributed by atoms with Crippen LogP contribution in [0.5, 0.6) is 0 Å². The average Bonchev–Trinajstić information content (AvgIpc) is 2.44. The summed E-state index contributed by atoms with van der Waals surface area (Å²) in [6, 6.07) is 0. The van der Waals surface area contributed by atoms with E-state index in [1.807, 2.05) is 13.8 Å². The van der Waals surface area contributed by atoms with Crippen LogP contribution < -0.4 is 0 Å². The number of hydrogen-bond acceptors (Lipinski definition) is 3. The van der Waals surface area contributed by atoms with Crippen LogP contribution in [0.1, 0.15) is 66.2 Å². The first-order valence-electron chi connectivity index (χ1n) is 8.29. The Kier molecular flexibility index (Phi) is 7.20. The summed E-state index contributed by atoms with van der Waals surface area (Å²) in [5, 5.41) is 9.56. The van der Waals surface area contributed by atoms with Gasteiger partial charge in [0.05, 0.1) is 18.4 Å². The number of carbonyl (C=O) groups is 2. The largest absolute Gasteiger partial charge is 0.481 e. The van der Waals surface area contributed by atoms with Crippen molar-refractivity contribution in [3.05, 3.63) is 0 Å². The zero-order valence-corrected chi connectivity index (χ0v) is 13.8. The van der Waals surface area contributed by atoms with E-state index in [1.165, 1.54) is 6.42 Å². The second-order valence-electron chi connectivity index (χ2n) is 6.71. The van der Waals surface area contributed by atoms with Crippen molar-refractivity contribution in [2.45, 2.75) is 72.3 Å². The van der Waals surface area contributed by atoms with E-state index < -0.39 is 11.9 Å². The lowest BCUT2D eigenvalue weighted by Gasteiger charge is -2.37. The number of carboxylic acid groups (broad SMARTS) is 1. The molecule has 0 bridgehead atoms. The lowest BCUT2D eigenvalue weighted by molar-refractivity contribution is -0.157. The van der Waals surface area contributed by atoms with Crippen molar-refractivity contribution in [3.8, 4) is 0 Å². The van der Waals surface area contributed by atoms with Crippen molar-refractivity contribution in [2.75, 3.05) is 0 Å². The summed E-state index contributed by atoms with van der Waals surface area (Å²) in [5.41, 5.74) is 0. The average molecular weight is 298 g/mol. The molecule has 1 rings (SSSR count). The van der Waals surface area contributed by atoms with Gasteiger partial charge >= 0.3 is 11.9 Å². The smallest absolute Gasteiger partial charge is 0.307 e. The molecular weight excluding hydrogens is 268 g/mol. The van der Waals surface area contributed by atoms with Crippen LogP contribution in [0, 0.1) is 23.7 Å². The number of aliphatic carboxylic acids is 1. The number of ether oxygens (including phenoxy) is 1. The summed E-state index contributed by atoms with van der Waals surface area (Å²) >= 11 is 0. The Morgan fingerprint density at radius 3 is 2.19 bits per heavy atom. The lowest BCUT2D eigenvalue weighted by atomic mass is 9.67. The Labute approximate surface area is 128 Å². The van der Waals surface area contributed by atoms with Crippen molar-refractivity contribution >= 4 is 11.9 Å². The number of esters is 1. The number of rotatable bonds is 7. The molecule has 0 aromatic heterocycles. The lowest BCUT2D eigenvalue weighted by Crippen LogP contribution is -2.36. The van der Waals surface area contributed by atoms with Gasteiger partial charge in [0.15, 0.2) is 0 Å². The molecule has 0 spiro atoms. The quantitative estimate of drug-likeness (QED) is 0.724. The standard InChI is InChI=1S/C17H30O4/c1-5-12(4)21-16(18)10-15(17(19)20)14-9-7-6-8-13(14)11(2)3/h11-15H,5-10H2,1-4H3,(H,19,20). The molecule has 1 fully saturated rings. The Morgan fingerprint density at radius 1 is 1.14 bits per heavy atom. The summed E-state index contributed by atoms with van der Waals surface area (Å²) in [4.78, 5) is 23.6. The van der Waals surface area contributed by atoms with Crippen molar-refractivity contribution in [2.24, 2.45) is 23.7 Å². The van der Waals surface area contributed by atoms with Crippen molar-refractivity contribution in [1.29, 1.82) is 0 Å². The molecule has 4 heteroatoms. The van der Waals surface area contributed by atoms with Crippen molar-refractivity contribution in [1.82, 2.24) is 0 Å². The van der Waals surface area contributed by atoms with Gasteiger partial charge in [-0.15, -0.1) is 0 Å². The van der Waals surface area contributed by atoms with Crippen molar-refractivity contribution < 1.29 is 19.4 Å². The fraction of sp³-hybridized carbons (Fsp3) is 0.882. The second kappa shape index (κ2) is 8.40. The van der Waals surface area contributed by atoms with Gasteiger partial charge in [-0.1, -0.05) is 33.6 Å². The third kappa shape index (κ3) is 5.33. The normalized spacial score (nSPS) is 25.4. The molecule has 4 unspecified atom stereocenters. The fourth-order valence-corrected chi connectivity index (χ4v) is 3.47. The zero-order valence-electron chi connectivity index (χ0n) is 13.8.